The van der Waals surface area contributed by atoms with Crippen LogP contribution < -0.4 is 4.90 Å². The summed E-state index contributed by atoms with van der Waals surface area (Å²) in [6.45, 7) is -0.679. The Morgan fingerprint density at radius 2 is 1.50 bits per heavy atom. The number of carbonyl (C=O) groups is 2. The van der Waals surface area contributed by atoms with E-state index in [1.165, 1.54) is 4.90 Å². The summed E-state index contributed by atoms with van der Waals surface area (Å²) < 4.78 is 0.849. The molecule has 0 fully saturated rings. The Bertz CT molecular complexity index is 374. The van der Waals surface area contributed by atoms with E-state index in [1.807, 2.05) is 0 Å². The first kappa shape index (κ1) is 12.5. The van der Waals surface area contributed by atoms with Crippen LogP contribution in [-0.4, -0.2) is 35.2 Å². The standard InChI is InChI=1S/C10H10BrNO4/c11-7-1-3-8(4-2-7)12(5-9(13)14)6-10(15)16/h1-4H,5-6H2,(H,13,14)(H,15,16). The summed E-state index contributed by atoms with van der Waals surface area (Å²) >= 11 is 3.25. The van der Waals surface area contributed by atoms with Crippen LogP contribution in [0, 0.1) is 0 Å². The number of nitrogens with zero attached hydrogens (tertiary/aromatic N) is 1. The third-order valence-electron chi connectivity index (χ3n) is 1.84. The van der Waals surface area contributed by atoms with Gasteiger partial charge in [0.15, 0.2) is 0 Å². The molecule has 16 heavy (non-hydrogen) atoms. The summed E-state index contributed by atoms with van der Waals surface area (Å²) in [5.74, 6) is -2.13. The monoisotopic (exact) mass is 287 g/mol. The van der Waals surface area contributed by atoms with E-state index >= 15 is 0 Å². The first-order valence-electron chi connectivity index (χ1n) is 4.43. The molecule has 1 rings (SSSR count). The molecular formula is C10H10BrNO4. The van der Waals surface area contributed by atoms with Crippen molar-refractivity contribution < 1.29 is 19.8 Å². The van der Waals surface area contributed by atoms with Gasteiger partial charge in [-0.1, -0.05) is 15.9 Å². The number of carboxylic acid groups (broad SMARTS) is 2. The summed E-state index contributed by atoms with van der Waals surface area (Å²) in [7, 11) is 0. The topological polar surface area (TPSA) is 77.8 Å². The first-order valence-corrected chi connectivity index (χ1v) is 5.22. The average Bonchev–Trinajstić information content (AvgIpc) is 2.16. The van der Waals surface area contributed by atoms with E-state index in [-0.39, 0.29) is 13.1 Å². The maximum atomic E-state index is 10.6. The lowest BCUT2D eigenvalue weighted by Gasteiger charge is -2.20. The van der Waals surface area contributed by atoms with Crippen molar-refractivity contribution in [3.63, 3.8) is 0 Å². The lowest BCUT2D eigenvalue weighted by molar-refractivity contribution is -0.136. The lowest BCUT2D eigenvalue weighted by Crippen LogP contribution is -2.34. The predicted octanol–water partition coefficient (Wildman–Crippen LogP) is 1.42. The molecule has 0 aliphatic rings. The molecule has 0 radical (unpaired) electrons. The van der Waals surface area contributed by atoms with Crippen molar-refractivity contribution in [3.05, 3.63) is 28.7 Å². The van der Waals surface area contributed by atoms with E-state index in [1.54, 1.807) is 24.3 Å². The normalized spacial score (nSPS) is 9.81. The van der Waals surface area contributed by atoms with Gasteiger partial charge < -0.3 is 15.1 Å². The van der Waals surface area contributed by atoms with Crippen LogP contribution in [0.1, 0.15) is 0 Å². The molecule has 0 saturated heterocycles. The van der Waals surface area contributed by atoms with E-state index in [0.29, 0.717) is 5.69 Å². The van der Waals surface area contributed by atoms with Crippen molar-refractivity contribution in [2.24, 2.45) is 0 Å². The van der Waals surface area contributed by atoms with Crippen molar-refractivity contribution in [2.75, 3.05) is 18.0 Å². The minimum Gasteiger partial charge on any atom is -0.480 e. The van der Waals surface area contributed by atoms with Crippen LogP contribution in [0.4, 0.5) is 5.69 Å². The molecule has 0 atom stereocenters. The minimum absolute atomic E-state index is 0.339. The molecule has 86 valence electrons. The number of aliphatic carboxylic acids is 2. The zero-order chi connectivity index (χ0) is 12.1. The predicted molar refractivity (Wildman–Crippen MR) is 61.6 cm³/mol. The van der Waals surface area contributed by atoms with Gasteiger partial charge in [-0.05, 0) is 24.3 Å². The van der Waals surface area contributed by atoms with Crippen LogP contribution in [-0.2, 0) is 9.59 Å². The van der Waals surface area contributed by atoms with Crippen LogP contribution >= 0.6 is 15.9 Å². The minimum atomic E-state index is -1.07. The van der Waals surface area contributed by atoms with Gasteiger partial charge in [0.2, 0.25) is 0 Å². The number of rotatable bonds is 5. The molecule has 0 unspecified atom stereocenters. The van der Waals surface area contributed by atoms with Gasteiger partial charge in [-0.15, -0.1) is 0 Å². The van der Waals surface area contributed by atoms with E-state index < -0.39 is 11.9 Å². The Morgan fingerprint density at radius 3 is 1.88 bits per heavy atom. The summed E-state index contributed by atoms with van der Waals surface area (Å²) in [4.78, 5) is 22.5. The zero-order valence-electron chi connectivity index (χ0n) is 8.26. The molecule has 6 heteroatoms. The van der Waals surface area contributed by atoms with Crippen molar-refractivity contribution in [2.45, 2.75) is 0 Å². The molecular weight excluding hydrogens is 278 g/mol. The van der Waals surface area contributed by atoms with Crippen LogP contribution in [0.5, 0.6) is 0 Å². The van der Waals surface area contributed by atoms with E-state index in [0.717, 1.165) is 4.47 Å². The van der Waals surface area contributed by atoms with Gasteiger partial charge >= 0.3 is 11.9 Å². The molecule has 0 bridgehead atoms. The average molecular weight is 288 g/mol. The Balaban J connectivity index is 2.86. The van der Waals surface area contributed by atoms with E-state index in [4.69, 9.17) is 10.2 Å². The quantitative estimate of drug-likeness (QED) is 0.857. The summed E-state index contributed by atoms with van der Waals surface area (Å²) in [6, 6.07) is 6.78. The van der Waals surface area contributed by atoms with Crippen LogP contribution in [0.25, 0.3) is 0 Å². The van der Waals surface area contributed by atoms with Crippen LogP contribution in [0.15, 0.2) is 28.7 Å². The van der Waals surface area contributed by atoms with Crippen molar-refractivity contribution in [1.82, 2.24) is 0 Å². The Kier molecular flexibility index (Phi) is 4.30. The van der Waals surface area contributed by atoms with Crippen molar-refractivity contribution in [3.8, 4) is 0 Å². The highest BCUT2D eigenvalue weighted by atomic mass is 79.9. The highest BCUT2D eigenvalue weighted by Crippen LogP contribution is 2.18. The van der Waals surface area contributed by atoms with Gasteiger partial charge in [-0.3, -0.25) is 9.59 Å². The summed E-state index contributed by atoms with van der Waals surface area (Å²) in [6.07, 6.45) is 0. The van der Waals surface area contributed by atoms with Gasteiger partial charge in [-0.25, -0.2) is 0 Å². The fraction of sp³-hybridized carbons (Fsp3) is 0.200. The van der Waals surface area contributed by atoms with Gasteiger partial charge in [0.1, 0.15) is 13.1 Å². The van der Waals surface area contributed by atoms with Gasteiger partial charge in [0, 0.05) is 10.2 Å². The molecule has 2 N–H and O–H groups in total. The Morgan fingerprint density at radius 1 is 1.06 bits per heavy atom. The Hall–Kier alpha value is -1.56. The van der Waals surface area contributed by atoms with Crippen LogP contribution in [0.3, 0.4) is 0 Å². The molecule has 0 aliphatic carbocycles. The van der Waals surface area contributed by atoms with Crippen molar-refractivity contribution in [1.29, 1.82) is 0 Å². The molecule has 0 spiro atoms. The number of halogens is 1. The fourth-order valence-corrected chi connectivity index (χ4v) is 1.48. The fourth-order valence-electron chi connectivity index (χ4n) is 1.22. The highest BCUT2D eigenvalue weighted by Gasteiger charge is 2.13. The largest absolute Gasteiger partial charge is 0.480 e. The van der Waals surface area contributed by atoms with E-state index in [9.17, 15) is 9.59 Å². The third-order valence-corrected chi connectivity index (χ3v) is 2.37. The number of hydrogen-bond acceptors (Lipinski definition) is 3. The number of benzene rings is 1. The third kappa shape index (κ3) is 3.90. The van der Waals surface area contributed by atoms with Crippen LogP contribution in [0.2, 0.25) is 0 Å². The molecule has 1 aromatic rings. The highest BCUT2D eigenvalue weighted by molar-refractivity contribution is 9.10. The second kappa shape index (κ2) is 5.50. The zero-order valence-corrected chi connectivity index (χ0v) is 9.85. The van der Waals surface area contributed by atoms with Gasteiger partial charge in [-0.2, -0.15) is 0 Å². The molecule has 0 saturated carbocycles. The molecule has 1 aromatic carbocycles. The summed E-state index contributed by atoms with van der Waals surface area (Å²) in [5, 5.41) is 17.3. The van der Waals surface area contributed by atoms with Gasteiger partial charge in [0.05, 0.1) is 0 Å². The Labute approximate surface area is 100 Å². The molecule has 0 aliphatic heterocycles. The lowest BCUT2D eigenvalue weighted by atomic mass is 10.3. The van der Waals surface area contributed by atoms with Crippen molar-refractivity contribution >= 4 is 33.6 Å². The van der Waals surface area contributed by atoms with Gasteiger partial charge in [0.25, 0.3) is 0 Å². The maximum Gasteiger partial charge on any atom is 0.323 e. The molecule has 0 heterocycles. The first-order chi connectivity index (χ1) is 7.49. The molecule has 0 amide bonds. The molecule has 5 nitrogen and oxygen atoms in total. The maximum absolute atomic E-state index is 10.6. The van der Waals surface area contributed by atoms with E-state index in [2.05, 4.69) is 15.9 Å². The molecule has 0 aromatic heterocycles. The SMILES string of the molecule is O=C(O)CN(CC(=O)O)c1ccc(Br)cc1. The second-order valence-electron chi connectivity index (χ2n) is 3.12. The number of hydrogen-bond donors (Lipinski definition) is 2. The second-order valence-corrected chi connectivity index (χ2v) is 4.04. The smallest absolute Gasteiger partial charge is 0.323 e. The number of carboxylic acids is 2. The summed E-state index contributed by atoms with van der Waals surface area (Å²) in [5.41, 5.74) is 0.563. The number of anilines is 1.